The number of ether oxygens (including phenoxy) is 2. The predicted octanol–water partition coefficient (Wildman–Crippen LogP) is 4.03. The zero-order chi connectivity index (χ0) is 21.3. The topological polar surface area (TPSA) is 69.7 Å². The van der Waals surface area contributed by atoms with Gasteiger partial charge in [-0.15, -0.1) is 0 Å². The molecule has 0 aromatic rings. The zero-order valence-corrected chi connectivity index (χ0v) is 18.5. The van der Waals surface area contributed by atoms with E-state index in [1.54, 1.807) is 19.9 Å². The monoisotopic (exact) mass is 390 g/mol. The minimum Gasteiger partial charge on any atom is -0.344 e. The van der Waals surface area contributed by atoms with E-state index in [1.807, 2.05) is 41.5 Å². The van der Waals surface area contributed by atoms with E-state index in [2.05, 4.69) is 0 Å². The van der Waals surface area contributed by atoms with E-state index in [-0.39, 0.29) is 23.5 Å². The fourth-order valence-corrected chi connectivity index (χ4v) is 5.57. The quantitative estimate of drug-likeness (QED) is 0.678. The first-order valence-corrected chi connectivity index (χ1v) is 10.3. The molecule has 1 saturated carbocycles. The second-order valence-electron chi connectivity index (χ2n) is 10.8. The smallest absolute Gasteiger partial charge is 0.177 e. The molecular formula is C23H34O5. The van der Waals surface area contributed by atoms with Crippen LogP contribution in [0.3, 0.4) is 0 Å². The molecule has 3 aliphatic rings. The van der Waals surface area contributed by atoms with Crippen LogP contribution in [0.2, 0.25) is 0 Å². The van der Waals surface area contributed by atoms with Gasteiger partial charge in [0.1, 0.15) is 0 Å². The number of allylic oxidation sites excluding steroid dienone is 2. The molecule has 1 aliphatic heterocycles. The maximum absolute atomic E-state index is 14.0. The summed E-state index contributed by atoms with van der Waals surface area (Å²) in [7, 11) is 0. The Labute approximate surface area is 168 Å². The SMILES string of the molecule is CC(C)C(=O)[C@@]12C(=O)C=C[C@@](C[C@H]3OC(C)(C)OC3(C)C)(CCC1(C)C)C2=O. The van der Waals surface area contributed by atoms with Gasteiger partial charge in [0, 0.05) is 5.92 Å². The highest BCUT2D eigenvalue weighted by molar-refractivity contribution is 6.31. The molecule has 3 atom stereocenters. The molecule has 0 aromatic heterocycles. The van der Waals surface area contributed by atoms with Crippen LogP contribution in [-0.2, 0) is 23.9 Å². The molecule has 1 heterocycles. The van der Waals surface area contributed by atoms with Crippen LogP contribution in [0.4, 0.5) is 0 Å². The standard InChI is InChI=1S/C23H34O5/c1-14(2)17(25)23-15(24)9-10-22(18(23)26,12-11-19(23,3)4)13-16-20(5,6)28-21(7,8)27-16/h9-10,14,16H,11-13H2,1-8H3/t16-,22+,23-/m1/s1. The molecule has 28 heavy (non-hydrogen) atoms. The van der Waals surface area contributed by atoms with E-state index in [0.29, 0.717) is 19.3 Å². The first-order chi connectivity index (χ1) is 12.6. The molecule has 156 valence electrons. The van der Waals surface area contributed by atoms with Gasteiger partial charge in [-0.1, -0.05) is 33.8 Å². The molecule has 2 bridgehead atoms. The van der Waals surface area contributed by atoms with Gasteiger partial charge in [0.05, 0.1) is 17.1 Å². The number of carbonyl (C=O) groups excluding carboxylic acids is 3. The van der Waals surface area contributed by atoms with Crippen LogP contribution in [-0.4, -0.2) is 34.8 Å². The van der Waals surface area contributed by atoms with Crippen LogP contribution in [0.25, 0.3) is 0 Å². The number of ketones is 3. The van der Waals surface area contributed by atoms with Crippen LogP contribution in [0.5, 0.6) is 0 Å². The molecule has 2 fully saturated rings. The molecule has 3 rings (SSSR count). The Morgan fingerprint density at radius 3 is 2.21 bits per heavy atom. The van der Waals surface area contributed by atoms with Gasteiger partial charge >= 0.3 is 0 Å². The Bertz CT molecular complexity index is 757. The number of hydrogen-bond donors (Lipinski definition) is 0. The average Bonchev–Trinajstić information content (AvgIpc) is 2.74. The van der Waals surface area contributed by atoms with Crippen molar-refractivity contribution in [2.24, 2.45) is 22.2 Å². The Morgan fingerprint density at radius 1 is 1.11 bits per heavy atom. The fraction of sp³-hybridized carbons (Fsp3) is 0.783. The summed E-state index contributed by atoms with van der Waals surface area (Å²) in [4.78, 5) is 40.5. The largest absolute Gasteiger partial charge is 0.344 e. The normalized spacial score (nSPS) is 38.1. The summed E-state index contributed by atoms with van der Waals surface area (Å²) >= 11 is 0. The van der Waals surface area contributed by atoms with E-state index in [9.17, 15) is 14.4 Å². The van der Waals surface area contributed by atoms with Gasteiger partial charge in [0.15, 0.2) is 28.6 Å². The molecule has 0 unspecified atom stereocenters. The minimum absolute atomic E-state index is 0.244. The highest BCUT2D eigenvalue weighted by Crippen LogP contribution is 2.60. The molecule has 5 heteroatoms. The number of rotatable bonds is 4. The van der Waals surface area contributed by atoms with Crippen molar-refractivity contribution in [2.75, 3.05) is 0 Å². The Kier molecular flexibility index (Phi) is 4.65. The van der Waals surface area contributed by atoms with E-state index in [4.69, 9.17) is 9.47 Å². The second kappa shape index (κ2) is 6.09. The van der Waals surface area contributed by atoms with E-state index < -0.39 is 33.6 Å². The first kappa shape index (κ1) is 21.4. The average molecular weight is 391 g/mol. The van der Waals surface area contributed by atoms with Crippen LogP contribution < -0.4 is 0 Å². The van der Waals surface area contributed by atoms with Gasteiger partial charge in [-0.3, -0.25) is 14.4 Å². The van der Waals surface area contributed by atoms with Crippen LogP contribution >= 0.6 is 0 Å². The van der Waals surface area contributed by atoms with E-state index >= 15 is 0 Å². The van der Waals surface area contributed by atoms with Crippen molar-refractivity contribution in [1.29, 1.82) is 0 Å². The zero-order valence-electron chi connectivity index (χ0n) is 18.5. The maximum Gasteiger partial charge on any atom is 0.177 e. The maximum atomic E-state index is 14.0. The summed E-state index contributed by atoms with van der Waals surface area (Å²) in [5, 5.41) is 0. The van der Waals surface area contributed by atoms with Crippen molar-refractivity contribution < 1.29 is 23.9 Å². The first-order valence-electron chi connectivity index (χ1n) is 10.3. The molecule has 0 spiro atoms. The molecule has 0 radical (unpaired) electrons. The lowest BCUT2D eigenvalue weighted by Gasteiger charge is -2.55. The van der Waals surface area contributed by atoms with Crippen molar-refractivity contribution in [1.82, 2.24) is 0 Å². The summed E-state index contributed by atoms with van der Waals surface area (Å²) in [6.07, 6.45) is 4.56. The molecule has 0 aromatic carbocycles. The third kappa shape index (κ3) is 2.77. The summed E-state index contributed by atoms with van der Waals surface area (Å²) in [6, 6.07) is 0. The Morgan fingerprint density at radius 2 is 1.71 bits per heavy atom. The van der Waals surface area contributed by atoms with E-state index in [1.165, 1.54) is 6.08 Å². The van der Waals surface area contributed by atoms with E-state index in [0.717, 1.165) is 0 Å². The van der Waals surface area contributed by atoms with Gasteiger partial charge < -0.3 is 9.47 Å². The van der Waals surface area contributed by atoms with Crippen molar-refractivity contribution in [3.63, 3.8) is 0 Å². The van der Waals surface area contributed by atoms with Crippen molar-refractivity contribution in [2.45, 2.75) is 92.1 Å². The predicted molar refractivity (Wildman–Crippen MR) is 106 cm³/mol. The van der Waals surface area contributed by atoms with Gasteiger partial charge in [0.25, 0.3) is 0 Å². The Hall–Kier alpha value is -1.33. The minimum atomic E-state index is -1.60. The molecular weight excluding hydrogens is 356 g/mol. The van der Waals surface area contributed by atoms with Crippen molar-refractivity contribution in [3.8, 4) is 0 Å². The summed E-state index contributed by atoms with van der Waals surface area (Å²) in [6.45, 7) is 15.0. The number of Topliss-reactive ketones (excluding diaryl/α,β-unsaturated/α-hetero) is 2. The van der Waals surface area contributed by atoms with Crippen LogP contribution in [0, 0.1) is 22.2 Å². The number of carbonyl (C=O) groups is 3. The lowest BCUT2D eigenvalue weighted by atomic mass is 9.43. The van der Waals surface area contributed by atoms with Gasteiger partial charge in [-0.2, -0.15) is 0 Å². The summed E-state index contributed by atoms with van der Waals surface area (Å²) in [5.74, 6) is -1.99. The molecule has 0 N–H and O–H groups in total. The van der Waals surface area contributed by atoms with Crippen LogP contribution in [0.1, 0.15) is 74.7 Å². The fourth-order valence-electron chi connectivity index (χ4n) is 5.57. The van der Waals surface area contributed by atoms with Crippen molar-refractivity contribution in [3.05, 3.63) is 12.2 Å². The molecule has 0 amide bonds. The summed E-state index contributed by atoms with van der Waals surface area (Å²) in [5.41, 5.74) is -3.75. The molecule has 1 saturated heterocycles. The lowest BCUT2D eigenvalue weighted by molar-refractivity contribution is -0.172. The third-order valence-corrected chi connectivity index (χ3v) is 7.08. The molecule has 2 aliphatic carbocycles. The van der Waals surface area contributed by atoms with Gasteiger partial charge in [-0.25, -0.2) is 0 Å². The van der Waals surface area contributed by atoms with Crippen LogP contribution in [0.15, 0.2) is 12.2 Å². The third-order valence-electron chi connectivity index (χ3n) is 7.08. The highest BCUT2D eigenvalue weighted by Gasteiger charge is 2.70. The Balaban J connectivity index is 2.09. The number of fused-ring (bicyclic) bond motifs is 2. The lowest BCUT2D eigenvalue weighted by Crippen LogP contribution is -2.66. The number of hydrogen-bond acceptors (Lipinski definition) is 5. The highest BCUT2D eigenvalue weighted by atomic mass is 16.8. The van der Waals surface area contributed by atoms with Crippen molar-refractivity contribution >= 4 is 17.3 Å². The van der Waals surface area contributed by atoms with Gasteiger partial charge in [-0.05, 0) is 58.4 Å². The second-order valence-corrected chi connectivity index (χ2v) is 10.8. The van der Waals surface area contributed by atoms with Gasteiger partial charge in [0.2, 0.25) is 0 Å². The molecule has 5 nitrogen and oxygen atoms in total. The summed E-state index contributed by atoms with van der Waals surface area (Å²) < 4.78 is 12.2.